The minimum Gasteiger partial charge on any atom is -0.113 e. The lowest BCUT2D eigenvalue weighted by Crippen LogP contribution is -2.36. The molecule has 21 heavy (non-hydrogen) atoms. The van der Waals surface area contributed by atoms with Gasteiger partial charge >= 0.3 is 0 Å². The first kappa shape index (κ1) is 14.5. The van der Waals surface area contributed by atoms with Crippen LogP contribution < -0.4 is 20.0 Å². The van der Waals surface area contributed by atoms with E-state index in [1.807, 2.05) is 0 Å². The van der Waals surface area contributed by atoms with Crippen molar-refractivity contribution < 1.29 is 0 Å². The highest BCUT2D eigenvalue weighted by Crippen LogP contribution is 2.51. The molecular weight excluding hydrogens is 341 g/mol. The van der Waals surface area contributed by atoms with Gasteiger partial charge in [0.15, 0.2) is 7.41 Å². The van der Waals surface area contributed by atoms with Gasteiger partial charge in [-0.1, -0.05) is 54.6 Å². The Morgan fingerprint density at radius 2 is 0.810 bits per heavy atom. The van der Waals surface area contributed by atoms with Crippen LogP contribution in [0.25, 0.3) is 0 Å². The summed E-state index contributed by atoms with van der Waals surface area (Å²) in [5, 5.41) is 3.91. The van der Waals surface area contributed by atoms with Gasteiger partial charge in [0.2, 0.25) is 0 Å². The van der Waals surface area contributed by atoms with Gasteiger partial charge in [0.1, 0.15) is 15.9 Å². The predicted molar refractivity (Wildman–Crippen MR) is 97.2 cm³/mol. The summed E-state index contributed by atoms with van der Waals surface area (Å²) in [6.07, 6.45) is 0. The van der Waals surface area contributed by atoms with Crippen LogP contribution >= 0.6 is 23.6 Å². The monoisotopic (exact) mass is 356 g/mol. The molecule has 0 bridgehead atoms. The molecule has 0 amide bonds. The summed E-state index contributed by atoms with van der Waals surface area (Å²) >= 11 is 3.58. The molecule has 104 valence electrons. The summed E-state index contributed by atoms with van der Waals surface area (Å²) in [4.78, 5) is 0. The van der Waals surface area contributed by atoms with Crippen molar-refractivity contribution in [2.45, 2.75) is 0 Å². The van der Waals surface area contributed by atoms with E-state index in [1.165, 1.54) is 15.9 Å². The topological polar surface area (TPSA) is 12.0 Å². The van der Waals surface area contributed by atoms with Gasteiger partial charge in [0.25, 0.3) is 0 Å². The van der Waals surface area contributed by atoms with E-state index in [0.717, 1.165) is 0 Å². The highest BCUT2D eigenvalue weighted by atomic mass is 79.9. The van der Waals surface area contributed by atoms with Gasteiger partial charge in [-0.2, -0.15) is 0 Å². The molecule has 1 nitrogen and oxygen atoms in total. The third-order valence-electron chi connectivity index (χ3n) is 3.56. The summed E-state index contributed by atoms with van der Waals surface area (Å²) in [6, 6.07) is 31.9. The van der Waals surface area contributed by atoms with Gasteiger partial charge in [-0.3, -0.25) is 0 Å². The lowest BCUT2D eigenvalue weighted by atomic mass is 10.4. The second kappa shape index (κ2) is 6.53. The van der Waals surface area contributed by atoms with Crippen LogP contribution in [0.3, 0.4) is 0 Å². The number of nitrogens with one attached hydrogen (secondary N) is 1. The van der Waals surface area contributed by atoms with E-state index in [4.69, 9.17) is 0 Å². The first-order valence-corrected chi connectivity index (χ1v) is 9.40. The molecule has 0 saturated heterocycles. The molecule has 0 unspecified atom stereocenters. The number of halogens is 1. The molecule has 3 heteroatoms. The van der Waals surface area contributed by atoms with Crippen molar-refractivity contribution in [2.24, 2.45) is 0 Å². The minimum atomic E-state index is -1.87. The molecule has 1 N–H and O–H groups in total. The predicted octanol–water partition coefficient (Wildman–Crippen LogP) is 3.80. The number of benzene rings is 3. The first-order valence-electron chi connectivity index (χ1n) is 6.82. The Bertz CT molecular complexity index is 590. The van der Waals surface area contributed by atoms with Crippen molar-refractivity contribution in [2.75, 3.05) is 0 Å². The molecule has 0 aliphatic carbocycles. The van der Waals surface area contributed by atoms with Gasteiger partial charge in [-0.15, -0.1) is 4.11 Å². The summed E-state index contributed by atoms with van der Waals surface area (Å²) in [7, 11) is -1.87. The van der Waals surface area contributed by atoms with E-state index >= 15 is 0 Å². The van der Waals surface area contributed by atoms with Gasteiger partial charge in [-0.25, -0.2) is 0 Å². The lowest BCUT2D eigenvalue weighted by molar-refractivity contribution is 1.64. The van der Waals surface area contributed by atoms with Crippen LogP contribution in [0.2, 0.25) is 0 Å². The highest BCUT2D eigenvalue weighted by molar-refractivity contribution is 9.09. The molecule has 3 aromatic rings. The van der Waals surface area contributed by atoms with E-state index in [-0.39, 0.29) is 0 Å². The summed E-state index contributed by atoms with van der Waals surface area (Å²) < 4.78 is 3.49. The molecule has 0 aliphatic heterocycles. The normalized spacial score (nSPS) is 11.3. The zero-order chi connectivity index (χ0) is 14.5. The van der Waals surface area contributed by atoms with Crippen LogP contribution in [0.1, 0.15) is 0 Å². The second-order valence-electron chi connectivity index (χ2n) is 4.76. The molecule has 0 aromatic heterocycles. The number of hydrogen-bond donors (Lipinski definition) is 1. The first-order chi connectivity index (χ1) is 10.4. The maximum absolute atomic E-state index is 3.58. The molecule has 0 spiro atoms. The molecule has 0 heterocycles. The van der Waals surface area contributed by atoms with Crippen molar-refractivity contribution in [3.05, 3.63) is 91.0 Å². The van der Waals surface area contributed by atoms with Crippen LogP contribution in [-0.2, 0) is 0 Å². The van der Waals surface area contributed by atoms with Crippen molar-refractivity contribution in [3.63, 3.8) is 0 Å². The highest BCUT2D eigenvalue weighted by Gasteiger charge is 2.45. The van der Waals surface area contributed by atoms with Crippen molar-refractivity contribution in [1.82, 2.24) is 4.11 Å². The van der Waals surface area contributed by atoms with E-state index in [2.05, 4.69) is 111 Å². The fourth-order valence-electron chi connectivity index (χ4n) is 2.55. The van der Waals surface area contributed by atoms with E-state index in [1.54, 1.807) is 0 Å². The Morgan fingerprint density at radius 3 is 1.05 bits per heavy atom. The summed E-state index contributed by atoms with van der Waals surface area (Å²) in [6.45, 7) is 0. The largest absolute Gasteiger partial charge is 0.189 e. The average molecular weight is 357 g/mol. The standard InChI is InChI=1S/C18H16BrNP/c19-20-21(16-10-4-1-5-11-16,17-12-6-2-7-13-17)18-14-8-3-9-15-18/h1-15,20H/q+1. The smallest absolute Gasteiger partial charge is 0.113 e. The quantitative estimate of drug-likeness (QED) is 0.553. The average Bonchev–Trinajstić information content (AvgIpc) is 2.59. The molecule has 3 aromatic carbocycles. The van der Waals surface area contributed by atoms with Gasteiger partial charge in [0.05, 0.1) is 16.1 Å². The Kier molecular flexibility index (Phi) is 4.50. The Hall–Kier alpha value is -1.47. The Labute approximate surface area is 134 Å². The maximum atomic E-state index is 3.58. The molecule has 0 fully saturated rings. The van der Waals surface area contributed by atoms with E-state index < -0.39 is 7.41 Å². The van der Waals surface area contributed by atoms with Gasteiger partial charge < -0.3 is 0 Å². The zero-order valence-electron chi connectivity index (χ0n) is 11.5. The Balaban J connectivity index is 2.29. The van der Waals surface area contributed by atoms with Crippen molar-refractivity contribution >= 4 is 39.5 Å². The van der Waals surface area contributed by atoms with E-state index in [0.29, 0.717) is 0 Å². The molecule has 0 atom stereocenters. The van der Waals surface area contributed by atoms with Crippen molar-refractivity contribution in [3.8, 4) is 0 Å². The van der Waals surface area contributed by atoms with Gasteiger partial charge in [0, 0.05) is 0 Å². The van der Waals surface area contributed by atoms with Crippen LogP contribution in [0.4, 0.5) is 0 Å². The van der Waals surface area contributed by atoms with Crippen LogP contribution in [0.5, 0.6) is 0 Å². The third kappa shape index (κ3) is 2.67. The Morgan fingerprint density at radius 1 is 0.524 bits per heavy atom. The summed E-state index contributed by atoms with van der Waals surface area (Å²) in [5.74, 6) is 0. The lowest BCUT2D eigenvalue weighted by Gasteiger charge is -2.24. The van der Waals surface area contributed by atoms with Crippen LogP contribution in [0, 0.1) is 0 Å². The molecule has 0 radical (unpaired) electrons. The minimum absolute atomic E-state index is 1.30. The van der Waals surface area contributed by atoms with Gasteiger partial charge in [-0.05, 0) is 36.4 Å². The number of rotatable bonds is 4. The van der Waals surface area contributed by atoms with E-state index in [9.17, 15) is 0 Å². The summed E-state index contributed by atoms with van der Waals surface area (Å²) in [5.41, 5.74) is 0. The zero-order valence-corrected chi connectivity index (χ0v) is 14.0. The maximum Gasteiger partial charge on any atom is 0.189 e. The van der Waals surface area contributed by atoms with Crippen LogP contribution in [0.15, 0.2) is 91.0 Å². The van der Waals surface area contributed by atoms with Crippen molar-refractivity contribution in [1.29, 1.82) is 0 Å². The fourth-order valence-corrected chi connectivity index (χ4v) is 7.44. The molecule has 0 saturated carbocycles. The third-order valence-corrected chi connectivity index (χ3v) is 8.62. The molecule has 0 aliphatic rings. The second-order valence-corrected chi connectivity index (χ2v) is 8.89. The van der Waals surface area contributed by atoms with Crippen LogP contribution in [-0.4, -0.2) is 0 Å². The molecule has 3 rings (SSSR count). The fraction of sp³-hybridized carbons (Fsp3) is 0. The number of hydrogen-bond acceptors (Lipinski definition) is 1. The molecular formula is C18H16BrNP+. The SMILES string of the molecule is BrN[P+](c1ccccc1)(c1ccccc1)c1ccccc1.